The Balaban J connectivity index is 2.09. The Labute approximate surface area is 126 Å². The Morgan fingerprint density at radius 3 is 2.29 bits per heavy atom. The fourth-order valence-electron chi connectivity index (χ4n) is 4.03. The average molecular weight is 312 g/mol. The zero-order chi connectivity index (χ0) is 15.8. The third kappa shape index (κ3) is 1.86. The van der Waals surface area contributed by atoms with Gasteiger partial charge in [0, 0.05) is 7.11 Å². The van der Waals surface area contributed by atoms with Crippen LogP contribution < -0.4 is 0 Å². The summed E-state index contributed by atoms with van der Waals surface area (Å²) in [5, 5.41) is 1.14. The lowest BCUT2D eigenvalue weighted by Crippen LogP contribution is -2.64. The molecule has 2 saturated heterocycles. The van der Waals surface area contributed by atoms with Crippen molar-refractivity contribution >= 4 is 13.9 Å². The molecule has 0 saturated carbocycles. The summed E-state index contributed by atoms with van der Waals surface area (Å²) in [7, 11) is -0.149. The molecule has 4 atom stereocenters. The molecule has 0 N–H and O–H groups in total. The SMILES string of the molecule is COC1O[C@]2(C(=O)C(C)=C2[Si](C)(C)C)[C@@H]2OC(C)(C)OC12. The van der Waals surface area contributed by atoms with Crippen LogP contribution in [0.15, 0.2) is 10.8 Å². The van der Waals surface area contributed by atoms with E-state index >= 15 is 0 Å². The lowest BCUT2D eigenvalue weighted by Gasteiger charge is -2.47. The van der Waals surface area contributed by atoms with Crippen LogP contribution in [0.2, 0.25) is 19.6 Å². The molecule has 2 heterocycles. The van der Waals surface area contributed by atoms with Gasteiger partial charge in [-0.3, -0.25) is 4.79 Å². The highest BCUT2D eigenvalue weighted by Gasteiger charge is 2.73. The minimum atomic E-state index is -1.72. The van der Waals surface area contributed by atoms with E-state index in [0.717, 1.165) is 10.8 Å². The number of Topliss-reactive ketones (excluding diaryl/α,β-unsaturated/α-hetero) is 1. The van der Waals surface area contributed by atoms with Crippen molar-refractivity contribution in [1.82, 2.24) is 0 Å². The average Bonchev–Trinajstić information content (AvgIpc) is 2.81. The molecule has 3 aliphatic rings. The summed E-state index contributed by atoms with van der Waals surface area (Å²) in [5.74, 6) is -0.701. The van der Waals surface area contributed by atoms with E-state index in [-0.39, 0.29) is 11.9 Å². The highest BCUT2D eigenvalue weighted by molar-refractivity contribution is 6.85. The summed E-state index contributed by atoms with van der Waals surface area (Å²) >= 11 is 0. The molecule has 0 aromatic carbocycles. The van der Waals surface area contributed by atoms with Crippen LogP contribution in [-0.4, -0.2) is 50.9 Å². The molecule has 0 aromatic heterocycles. The number of ketones is 1. The largest absolute Gasteiger partial charge is 0.353 e. The van der Waals surface area contributed by atoms with E-state index < -0.39 is 31.9 Å². The lowest BCUT2D eigenvalue weighted by molar-refractivity contribution is -0.240. The lowest BCUT2D eigenvalue weighted by atomic mass is 9.76. The van der Waals surface area contributed by atoms with Crippen molar-refractivity contribution in [2.24, 2.45) is 0 Å². The quantitative estimate of drug-likeness (QED) is 0.730. The smallest absolute Gasteiger partial charge is 0.196 e. The van der Waals surface area contributed by atoms with Gasteiger partial charge in [0.2, 0.25) is 0 Å². The van der Waals surface area contributed by atoms with Crippen LogP contribution in [0.4, 0.5) is 0 Å². The van der Waals surface area contributed by atoms with Crippen molar-refractivity contribution in [2.45, 2.75) is 70.3 Å². The molecule has 1 spiro atoms. The highest BCUT2D eigenvalue weighted by Crippen LogP contribution is 2.55. The molecule has 2 fully saturated rings. The van der Waals surface area contributed by atoms with Gasteiger partial charge in [0.05, 0.1) is 8.07 Å². The first-order chi connectivity index (χ1) is 9.54. The van der Waals surface area contributed by atoms with Crippen LogP contribution in [0.3, 0.4) is 0 Å². The topological polar surface area (TPSA) is 54.0 Å². The molecule has 118 valence electrons. The molecule has 0 aromatic rings. The summed E-state index contributed by atoms with van der Waals surface area (Å²) in [5.41, 5.74) is -0.161. The Hall–Kier alpha value is -0.533. The number of hydrogen-bond acceptors (Lipinski definition) is 5. The molecule has 1 aliphatic carbocycles. The molecule has 5 nitrogen and oxygen atoms in total. The highest BCUT2D eigenvalue weighted by atomic mass is 28.3. The first-order valence-electron chi connectivity index (χ1n) is 7.37. The molecule has 6 heteroatoms. The third-order valence-corrected chi connectivity index (χ3v) is 6.75. The molecule has 2 unspecified atom stereocenters. The predicted molar refractivity (Wildman–Crippen MR) is 79.5 cm³/mol. The minimum Gasteiger partial charge on any atom is -0.353 e. The van der Waals surface area contributed by atoms with Gasteiger partial charge in [-0.25, -0.2) is 0 Å². The van der Waals surface area contributed by atoms with Crippen LogP contribution in [-0.2, 0) is 23.7 Å². The number of methoxy groups -OCH3 is 1. The summed E-state index contributed by atoms with van der Waals surface area (Å²) < 4.78 is 23.4. The van der Waals surface area contributed by atoms with Gasteiger partial charge in [0.1, 0.15) is 12.2 Å². The fourth-order valence-corrected chi connectivity index (χ4v) is 6.69. The molecule has 21 heavy (non-hydrogen) atoms. The second-order valence-corrected chi connectivity index (χ2v) is 12.6. The number of carbonyl (C=O) groups is 1. The van der Waals surface area contributed by atoms with Crippen LogP contribution in [0.5, 0.6) is 0 Å². The maximum Gasteiger partial charge on any atom is 0.196 e. The molecule has 0 radical (unpaired) electrons. The van der Waals surface area contributed by atoms with Gasteiger partial charge in [-0.1, -0.05) is 19.6 Å². The number of rotatable bonds is 2. The first kappa shape index (κ1) is 15.4. The standard InChI is InChI=1S/C15H24O5Si/c1-8-10(16)15(12(8)21(5,6)7)11-9(13(17-4)20-15)18-14(2,3)19-11/h9,11,13H,1-7H3/t9?,11-,13?,15-/m1/s1. The molecule has 2 aliphatic heterocycles. The van der Waals surface area contributed by atoms with Crippen LogP contribution >= 0.6 is 0 Å². The van der Waals surface area contributed by atoms with Gasteiger partial charge in [-0.2, -0.15) is 0 Å². The third-order valence-electron chi connectivity index (χ3n) is 4.51. The van der Waals surface area contributed by atoms with Crippen molar-refractivity contribution < 1.29 is 23.7 Å². The van der Waals surface area contributed by atoms with Gasteiger partial charge >= 0.3 is 0 Å². The van der Waals surface area contributed by atoms with Crippen LogP contribution in [0.1, 0.15) is 20.8 Å². The number of fused-ring (bicyclic) bond motifs is 2. The Bertz CT molecular complexity index is 533. The van der Waals surface area contributed by atoms with Gasteiger partial charge < -0.3 is 18.9 Å². The maximum atomic E-state index is 12.7. The van der Waals surface area contributed by atoms with Crippen molar-refractivity contribution in [3.8, 4) is 0 Å². The van der Waals surface area contributed by atoms with Gasteiger partial charge in [-0.05, 0) is 31.5 Å². The fraction of sp³-hybridized carbons (Fsp3) is 0.800. The predicted octanol–water partition coefficient (Wildman–Crippen LogP) is 2.02. The molecular weight excluding hydrogens is 288 g/mol. The molecule has 0 bridgehead atoms. The van der Waals surface area contributed by atoms with E-state index in [2.05, 4.69) is 19.6 Å². The summed E-state index contributed by atoms with van der Waals surface area (Å²) in [6.07, 6.45) is -1.36. The van der Waals surface area contributed by atoms with Gasteiger partial charge in [0.25, 0.3) is 0 Å². The second kappa shape index (κ2) is 4.26. The second-order valence-electron chi connectivity index (χ2n) is 7.56. The number of carbonyl (C=O) groups excluding carboxylic acids is 1. The van der Waals surface area contributed by atoms with Crippen LogP contribution in [0, 0.1) is 0 Å². The monoisotopic (exact) mass is 312 g/mol. The summed E-state index contributed by atoms with van der Waals surface area (Å²) in [6.45, 7) is 12.3. The Kier molecular flexibility index (Phi) is 3.12. The normalized spacial score (nSPS) is 41.7. The Morgan fingerprint density at radius 2 is 1.76 bits per heavy atom. The van der Waals surface area contributed by atoms with E-state index in [0.29, 0.717) is 0 Å². The van der Waals surface area contributed by atoms with Crippen molar-refractivity contribution in [3.05, 3.63) is 10.8 Å². The van der Waals surface area contributed by atoms with Crippen molar-refractivity contribution in [1.29, 1.82) is 0 Å². The summed E-state index contributed by atoms with van der Waals surface area (Å²) in [6, 6.07) is 0. The maximum absolute atomic E-state index is 12.7. The van der Waals surface area contributed by atoms with E-state index in [9.17, 15) is 4.79 Å². The van der Waals surface area contributed by atoms with E-state index in [4.69, 9.17) is 18.9 Å². The minimum absolute atomic E-state index is 0.0239. The number of ether oxygens (including phenoxy) is 4. The van der Waals surface area contributed by atoms with E-state index in [1.165, 1.54) is 0 Å². The molecular formula is C15H24O5Si. The van der Waals surface area contributed by atoms with Crippen molar-refractivity contribution in [3.63, 3.8) is 0 Å². The van der Waals surface area contributed by atoms with E-state index in [1.807, 2.05) is 20.8 Å². The zero-order valence-corrected chi connectivity index (χ0v) is 14.8. The zero-order valence-electron chi connectivity index (χ0n) is 13.8. The van der Waals surface area contributed by atoms with Gasteiger partial charge in [-0.15, -0.1) is 0 Å². The summed E-state index contributed by atoms with van der Waals surface area (Å²) in [4.78, 5) is 12.7. The first-order valence-corrected chi connectivity index (χ1v) is 10.9. The molecule has 0 amide bonds. The van der Waals surface area contributed by atoms with Gasteiger partial charge in [0.15, 0.2) is 23.5 Å². The Morgan fingerprint density at radius 1 is 1.14 bits per heavy atom. The molecule has 3 rings (SSSR count). The van der Waals surface area contributed by atoms with Crippen LogP contribution in [0.25, 0.3) is 0 Å². The van der Waals surface area contributed by atoms with E-state index in [1.54, 1.807) is 7.11 Å². The number of hydrogen-bond donors (Lipinski definition) is 0. The van der Waals surface area contributed by atoms with Crippen molar-refractivity contribution in [2.75, 3.05) is 7.11 Å².